The van der Waals surface area contributed by atoms with Gasteiger partial charge < -0.3 is 5.32 Å². The first-order valence-electron chi connectivity index (χ1n) is 6.08. The Bertz CT molecular complexity index is 424. The second-order valence-electron chi connectivity index (χ2n) is 4.53. The van der Waals surface area contributed by atoms with Crippen LogP contribution in [0.25, 0.3) is 0 Å². The van der Waals surface area contributed by atoms with E-state index >= 15 is 0 Å². The maximum Gasteiger partial charge on any atom is 0.152 e. The SMILES string of the molecule is CCn1nc(C)c(Br)c1CC(=O)CNC1CC1. The molecule has 5 heteroatoms. The van der Waals surface area contributed by atoms with Crippen molar-refractivity contribution in [3.8, 4) is 0 Å². The summed E-state index contributed by atoms with van der Waals surface area (Å²) in [5.41, 5.74) is 1.94. The van der Waals surface area contributed by atoms with E-state index in [0.717, 1.165) is 22.4 Å². The molecule has 17 heavy (non-hydrogen) atoms. The number of halogens is 1. The van der Waals surface area contributed by atoms with Gasteiger partial charge in [0.25, 0.3) is 0 Å². The number of rotatable bonds is 6. The number of aromatic nitrogens is 2. The van der Waals surface area contributed by atoms with Gasteiger partial charge >= 0.3 is 0 Å². The number of carbonyl (C=O) groups is 1. The van der Waals surface area contributed by atoms with Gasteiger partial charge in [-0.25, -0.2) is 0 Å². The second kappa shape index (κ2) is 5.31. The van der Waals surface area contributed by atoms with Crippen LogP contribution in [0.15, 0.2) is 4.47 Å². The lowest BCUT2D eigenvalue weighted by Crippen LogP contribution is -2.26. The minimum Gasteiger partial charge on any atom is -0.307 e. The number of nitrogens with zero attached hydrogens (tertiary/aromatic N) is 2. The van der Waals surface area contributed by atoms with E-state index in [1.807, 2.05) is 18.5 Å². The van der Waals surface area contributed by atoms with Crippen molar-refractivity contribution < 1.29 is 4.79 Å². The van der Waals surface area contributed by atoms with Crippen molar-refractivity contribution in [3.05, 3.63) is 15.9 Å². The van der Waals surface area contributed by atoms with E-state index in [9.17, 15) is 4.79 Å². The summed E-state index contributed by atoms with van der Waals surface area (Å²) in [5.74, 6) is 0.229. The Hall–Kier alpha value is -0.680. The molecule has 0 unspecified atom stereocenters. The molecule has 0 aliphatic heterocycles. The highest BCUT2D eigenvalue weighted by molar-refractivity contribution is 9.10. The zero-order chi connectivity index (χ0) is 12.4. The maximum absolute atomic E-state index is 11.8. The minimum atomic E-state index is 0.229. The zero-order valence-corrected chi connectivity index (χ0v) is 11.9. The molecular weight excluding hydrogens is 282 g/mol. The lowest BCUT2D eigenvalue weighted by molar-refractivity contribution is -0.117. The number of hydrogen-bond donors (Lipinski definition) is 1. The summed E-state index contributed by atoms with van der Waals surface area (Å²) in [7, 11) is 0. The van der Waals surface area contributed by atoms with Crippen LogP contribution in [-0.2, 0) is 17.8 Å². The van der Waals surface area contributed by atoms with Gasteiger partial charge in [0.15, 0.2) is 5.78 Å². The Morgan fingerprint density at radius 1 is 1.59 bits per heavy atom. The Morgan fingerprint density at radius 3 is 2.88 bits per heavy atom. The average molecular weight is 300 g/mol. The molecule has 0 atom stereocenters. The van der Waals surface area contributed by atoms with Crippen LogP contribution in [0.4, 0.5) is 0 Å². The normalized spacial score (nSPS) is 15.2. The molecule has 94 valence electrons. The molecule has 0 spiro atoms. The number of carbonyl (C=O) groups excluding carboxylic acids is 1. The molecule has 0 amide bonds. The molecule has 0 bridgehead atoms. The van der Waals surface area contributed by atoms with Crippen molar-refractivity contribution in [1.82, 2.24) is 15.1 Å². The molecular formula is C12H18BrN3O. The Labute approximate surface area is 110 Å². The third kappa shape index (κ3) is 3.16. The molecule has 1 saturated carbocycles. The van der Waals surface area contributed by atoms with Crippen LogP contribution in [-0.4, -0.2) is 28.2 Å². The van der Waals surface area contributed by atoms with E-state index in [4.69, 9.17) is 0 Å². The average Bonchev–Trinajstić information content (AvgIpc) is 3.09. The molecule has 1 aromatic heterocycles. The minimum absolute atomic E-state index is 0.229. The molecule has 0 saturated heterocycles. The van der Waals surface area contributed by atoms with Crippen LogP contribution >= 0.6 is 15.9 Å². The fourth-order valence-electron chi connectivity index (χ4n) is 1.83. The first-order valence-corrected chi connectivity index (χ1v) is 6.88. The summed E-state index contributed by atoms with van der Waals surface area (Å²) >= 11 is 3.51. The van der Waals surface area contributed by atoms with E-state index < -0.39 is 0 Å². The molecule has 4 nitrogen and oxygen atoms in total. The number of nitrogens with one attached hydrogen (secondary N) is 1. The highest BCUT2D eigenvalue weighted by Gasteiger charge is 2.22. The fourth-order valence-corrected chi connectivity index (χ4v) is 2.26. The third-order valence-electron chi connectivity index (χ3n) is 2.98. The van der Waals surface area contributed by atoms with Gasteiger partial charge in [-0.05, 0) is 42.6 Å². The van der Waals surface area contributed by atoms with E-state index in [0.29, 0.717) is 19.0 Å². The van der Waals surface area contributed by atoms with Crippen LogP contribution in [0, 0.1) is 6.92 Å². The largest absolute Gasteiger partial charge is 0.307 e. The van der Waals surface area contributed by atoms with Crippen molar-refractivity contribution in [2.45, 2.75) is 45.7 Å². The standard InChI is InChI=1S/C12H18BrN3O/c1-3-16-11(12(13)8(2)15-16)6-10(17)7-14-9-4-5-9/h9,14H,3-7H2,1-2H3. The molecule has 1 heterocycles. The van der Waals surface area contributed by atoms with Gasteiger partial charge in [-0.15, -0.1) is 0 Å². The first-order chi connectivity index (χ1) is 8.11. The van der Waals surface area contributed by atoms with E-state index in [1.54, 1.807) is 0 Å². The van der Waals surface area contributed by atoms with Gasteiger partial charge in [0.05, 0.1) is 28.8 Å². The third-order valence-corrected chi connectivity index (χ3v) is 4.01. The molecule has 1 aliphatic rings. The first kappa shape index (κ1) is 12.8. The van der Waals surface area contributed by atoms with Crippen molar-refractivity contribution >= 4 is 21.7 Å². The monoisotopic (exact) mass is 299 g/mol. The van der Waals surface area contributed by atoms with Gasteiger partial charge in [-0.3, -0.25) is 9.48 Å². The van der Waals surface area contributed by atoms with Crippen LogP contribution < -0.4 is 5.32 Å². The summed E-state index contributed by atoms with van der Waals surface area (Å²) in [6, 6.07) is 0.584. The number of ketones is 1. The predicted octanol–water partition coefficient (Wildman–Crippen LogP) is 1.84. The van der Waals surface area contributed by atoms with Crippen LogP contribution in [0.1, 0.15) is 31.2 Å². The summed E-state index contributed by atoms with van der Waals surface area (Å²) in [6.07, 6.45) is 2.88. The van der Waals surface area contributed by atoms with Crippen LogP contribution in [0.3, 0.4) is 0 Å². The molecule has 0 aromatic carbocycles. The Balaban J connectivity index is 1.98. The van der Waals surface area contributed by atoms with E-state index in [2.05, 4.69) is 26.3 Å². The quantitative estimate of drug-likeness (QED) is 0.872. The molecule has 1 fully saturated rings. The van der Waals surface area contributed by atoms with Gasteiger partial charge in [-0.1, -0.05) is 0 Å². The van der Waals surface area contributed by atoms with Gasteiger partial charge in [0.2, 0.25) is 0 Å². The van der Waals surface area contributed by atoms with E-state index in [-0.39, 0.29) is 5.78 Å². The predicted molar refractivity (Wildman–Crippen MR) is 70.1 cm³/mol. The Morgan fingerprint density at radius 2 is 2.29 bits per heavy atom. The summed E-state index contributed by atoms with van der Waals surface area (Å²) in [5, 5.41) is 7.63. The van der Waals surface area contributed by atoms with Gasteiger partial charge in [-0.2, -0.15) is 5.10 Å². The van der Waals surface area contributed by atoms with Gasteiger partial charge in [0, 0.05) is 12.6 Å². The maximum atomic E-state index is 11.8. The lowest BCUT2D eigenvalue weighted by Gasteiger charge is -2.05. The van der Waals surface area contributed by atoms with Crippen LogP contribution in [0.2, 0.25) is 0 Å². The fraction of sp³-hybridized carbons (Fsp3) is 0.667. The van der Waals surface area contributed by atoms with E-state index in [1.165, 1.54) is 12.8 Å². The Kier molecular flexibility index (Phi) is 3.99. The van der Waals surface area contributed by atoms with Crippen molar-refractivity contribution in [1.29, 1.82) is 0 Å². The van der Waals surface area contributed by atoms with Crippen molar-refractivity contribution in [2.24, 2.45) is 0 Å². The van der Waals surface area contributed by atoms with Crippen molar-refractivity contribution in [2.75, 3.05) is 6.54 Å². The number of aryl methyl sites for hydroxylation is 2. The molecule has 0 radical (unpaired) electrons. The summed E-state index contributed by atoms with van der Waals surface area (Å²) in [6.45, 7) is 5.26. The zero-order valence-electron chi connectivity index (χ0n) is 10.3. The lowest BCUT2D eigenvalue weighted by atomic mass is 10.2. The molecule has 1 aliphatic carbocycles. The van der Waals surface area contributed by atoms with Crippen LogP contribution in [0.5, 0.6) is 0 Å². The highest BCUT2D eigenvalue weighted by Crippen LogP contribution is 2.22. The van der Waals surface area contributed by atoms with Gasteiger partial charge in [0.1, 0.15) is 0 Å². The molecule has 1 aromatic rings. The number of hydrogen-bond acceptors (Lipinski definition) is 3. The smallest absolute Gasteiger partial charge is 0.152 e. The summed E-state index contributed by atoms with van der Waals surface area (Å²) < 4.78 is 2.87. The molecule has 1 N–H and O–H groups in total. The highest BCUT2D eigenvalue weighted by atomic mass is 79.9. The summed E-state index contributed by atoms with van der Waals surface area (Å²) in [4.78, 5) is 11.8. The van der Waals surface area contributed by atoms with Crippen molar-refractivity contribution in [3.63, 3.8) is 0 Å². The second-order valence-corrected chi connectivity index (χ2v) is 5.33. The topological polar surface area (TPSA) is 46.9 Å². The number of Topliss-reactive ketones (excluding diaryl/α,β-unsaturated/α-hetero) is 1. The molecule has 2 rings (SSSR count).